The molecule has 2 aromatic carbocycles. The molecule has 0 aliphatic heterocycles. The fourth-order valence-corrected chi connectivity index (χ4v) is 2.90. The van der Waals surface area contributed by atoms with Gasteiger partial charge >= 0.3 is 5.97 Å². The molecule has 1 heterocycles. The number of hydrogen-bond acceptors (Lipinski definition) is 7. The molecule has 0 spiro atoms. The quantitative estimate of drug-likeness (QED) is 0.432. The van der Waals surface area contributed by atoms with Crippen molar-refractivity contribution in [2.45, 2.75) is 0 Å². The Bertz CT molecular complexity index is 991. The van der Waals surface area contributed by atoms with Crippen LogP contribution in [0.1, 0.15) is 20.8 Å². The minimum Gasteiger partial charge on any atom is -0.465 e. The van der Waals surface area contributed by atoms with Crippen LogP contribution in [0.2, 0.25) is 0 Å². The molecule has 1 aromatic heterocycles. The van der Waals surface area contributed by atoms with Gasteiger partial charge in [0.05, 0.1) is 12.7 Å². The van der Waals surface area contributed by atoms with Gasteiger partial charge in [0.25, 0.3) is 5.91 Å². The van der Waals surface area contributed by atoms with Crippen LogP contribution in [-0.2, 0) is 4.74 Å². The van der Waals surface area contributed by atoms with Crippen molar-refractivity contribution in [2.75, 3.05) is 23.1 Å². The lowest BCUT2D eigenvalue weighted by Crippen LogP contribution is -2.19. The molecule has 10 heteroatoms. The van der Waals surface area contributed by atoms with E-state index in [1.54, 1.807) is 53.9 Å². The first kappa shape index (κ1) is 19.4. The first-order chi connectivity index (χ1) is 13.5. The van der Waals surface area contributed by atoms with Crippen LogP contribution in [0.3, 0.4) is 0 Å². The highest BCUT2D eigenvalue weighted by Gasteiger charge is 2.09. The van der Waals surface area contributed by atoms with Crippen LogP contribution in [0.15, 0.2) is 53.9 Å². The van der Waals surface area contributed by atoms with Gasteiger partial charge in [-0.15, -0.1) is 5.10 Å². The Morgan fingerprint density at radius 1 is 1.00 bits per heavy atom. The van der Waals surface area contributed by atoms with Gasteiger partial charge < -0.3 is 20.7 Å². The molecule has 0 saturated carbocycles. The van der Waals surface area contributed by atoms with Gasteiger partial charge in [-0.05, 0) is 66.2 Å². The van der Waals surface area contributed by atoms with Crippen molar-refractivity contribution in [1.29, 1.82) is 0 Å². The number of nitrogens with zero attached hydrogens (tertiary/aromatic N) is 2. The van der Waals surface area contributed by atoms with E-state index in [0.29, 0.717) is 22.1 Å². The molecule has 1 amide bonds. The van der Waals surface area contributed by atoms with Crippen molar-refractivity contribution in [3.05, 3.63) is 65.2 Å². The lowest BCUT2D eigenvalue weighted by atomic mass is 10.2. The Morgan fingerprint density at radius 3 is 2.32 bits per heavy atom. The number of carbonyl (C=O) groups is 2. The number of aromatic nitrogens is 2. The highest BCUT2D eigenvalue weighted by Crippen LogP contribution is 2.16. The van der Waals surface area contributed by atoms with Crippen molar-refractivity contribution in [1.82, 2.24) is 9.59 Å². The first-order valence-corrected chi connectivity index (χ1v) is 9.24. The fraction of sp³-hybridized carbons (Fsp3) is 0.0556. The number of thiocarbonyl (C=S) groups is 1. The second kappa shape index (κ2) is 9.02. The number of amides is 1. The van der Waals surface area contributed by atoms with Crippen LogP contribution >= 0.6 is 23.8 Å². The molecule has 0 aliphatic rings. The van der Waals surface area contributed by atoms with E-state index < -0.39 is 5.97 Å². The first-order valence-electron chi connectivity index (χ1n) is 8.00. The van der Waals surface area contributed by atoms with Crippen molar-refractivity contribution in [3.63, 3.8) is 0 Å². The second-order valence-corrected chi connectivity index (χ2v) is 6.49. The zero-order valence-electron chi connectivity index (χ0n) is 14.6. The number of ether oxygens (including phenoxy) is 1. The number of benzene rings is 2. The smallest absolute Gasteiger partial charge is 0.337 e. The third-order valence-corrected chi connectivity index (χ3v) is 4.24. The number of rotatable bonds is 5. The third-order valence-electron chi connectivity index (χ3n) is 3.53. The van der Waals surface area contributed by atoms with E-state index in [9.17, 15) is 9.59 Å². The molecule has 0 atom stereocenters. The van der Waals surface area contributed by atoms with E-state index in [-0.39, 0.29) is 11.6 Å². The van der Waals surface area contributed by atoms with Gasteiger partial charge in [0, 0.05) is 22.4 Å². The maximum atomic E-state index is 12.0. The van der Waals surface area contributed by atoms with Crippen molar-refractivity contribution in [2.24, 2.45) is 0 Å². The number of methoxy groups -OCH3 is 1. The fourth-order valence-electron chi connectivity index (χ4n) is 2.23. The number of carbonyl (C=O) groups excluding carboxylic acids is 2. The molecule has 3 N–H and O–H groups in total. The predicted octanol–water partition coefficient (Wildman–Crippen LogP) is 3.39. The lowest BCUT2D eigenvalue weighted by molar-refractivity contribution is 0.0600. The summed E-state index contributed by atoms with van der Waals surface area (Å²) in [6.45, 7) is 0. The summed E-state index contributed by atoms with van der Waals surface area (Å²) in [5, 5.41) is 14.4. The number of hydrogen-bond donors (Lipinski definition) is 3. The molecule has 0 radical (unpaired) electrons. The molecular formula is C18H15N5O3S2. The van der Waals surface area contributed by atoms with E-state index in [2.05, 4.69) is 25.5 Å². The number of anilines is 3. The summed E-state index contributed by atoms with van der Waals surface area (Å²) in [7, 11) is 1.33. The summed E-state index contributed by atoms with van der Waals surface area (Å²) in [4.78, 5) is 23.5. The summed E-state index contributed by atoms with van der Waals surface area (Å²) < 4.78 is 8.36. The maximum absolute atomic E-state index is 12.0. The van der Waals surface area contributed by atoms with Gasteiger partial charge in [-0.3, -0.25) is 4.79 Å². The highest BCUT2D eigenvalue weighted by molar-refractivity contribution is 7.80. The number of nitrogens with one attached hydrogen (secondary N) is 3. The molecule has 3 rings (SSSR count). The minimum absolute atomic E-state index is 0.270. The van der Waals surface area contributed by atoms with Crippen LogP contribution in [-0.4, -0.2) is 33.7 Å². The van der Waals surface area contributed by atoms with Gasteiger partial charge in [0.1, 0.15) is 0 Å². The Balaban J connectivity index is 1.57. The SMILES string of the molecule is COC(=O)c1cccc(NC(=S)Nc2ccc(NC(=O)c3csnn3)cc2)c1. The Labute approximate surface area is 170 Å². The molecule has 0 unspecified atom stereocenters. The van der Waals surface area contributed by atoms with E-state index in [1.807, 2.05) is 0 Å². The molecule has 28 heavy (non-hydrogen) atoms. The molecule has 0 fully saturated rings. The molecule has 0 saturated heterocycles. The normalized spacial score (nSPS) is 10.0. The molecule has 142 valence electrons. The third kappa shape index (κ3) is 5.09. The van der Waals surface area contributed by atoms with Crippen LogP contribution in [0.4, 0.5) is 17.1 Å². The summed E-state index contributed by atoms with van der Waals surface area (Å²) in [5.74, 6) is -0.745. The molecular weight excluding hydrogens is 398 g/mol. The minimum atomic E-state index is -0.423. The zero-order valence-corrected chi connectivity index (χ0v) is 16.3. The van der Waals surface area contributed by atoms with Gasteiger partial charge in [-0.1, -0.05) is 10.6 Å². The van der Waals surface area contributed by atoms with Crippen LogP contribution in [0, 0.1) is 0 Å². The van der Waals surface area contributed by atoms with Crippen LogP contribution in [0.5, 0.6) is 0 Å². The van der Waals surface area contributed by atoms with Gasteiger partial charge in [-0.25, -0.2) is 4.79 Å². The predicted molar refractivity (Wildman–Crippen MR) is 112 cm³/mol. The second-order valence-electron chi connectivity index (χ2n) is 5.47. The average molecular weight is 413 g/mol. The molecule has 0 bridgehead atoms. The summed E-state index contributed by atoms with van der Waals surface area (Å²) >= 11 is 6.40. The largest absolute Gasteiger partial charge is 0.465 e. The zero-order chi connectivity index (χ0) is 19.9. The summed E-state index contributed by atoms with van der Waals surface area (Å²) in [6.07, 6.45) is 0. The van der Waals surface area contributed by atoms with Crippen molar-refractivity contribution >= 4 is 57.8 Å². The van der Waals surface area contributed by atoms with Crippen molar-refractivity contribution in [3.8, 4) is 0 Å². The Kier molecular flexibility index (Phi) is 6.25. The van der Waals surface area contributed by atoms with Crippen molar-refractivity contribution < 1.29 is 14.3 Å². The van der Waals surface area contributed by atoms with E-state index in [0.717, 1.165) is 17.2 Å². The molecule has 8 nitrogen and oxygen atoms in total. The summed E-state index contributed by atoms with van der Waals surface area (Å²) in [5.41, 5.74) is 2.70. The van der Waals surface area contributed by atoms with Crippen LogP contribution in [0.25, 0.3) is 0 Å². The average Bonchev–Trinajstić information content (AvgIpc) is 3.24. The highest BCUT2D eigenvalue weighted by atomic mass is 32.1. The van der Waals surface area contributed by atoms with Crippen LogP contribution < -0.4 is 16.0 Å². The van der Waals surface area contributed by atoms with E-state index >= 15 is 0 Å². The standard InChI is InChI=1S/C18H15N5O3S2/c1-26-17(25)11-3-2-4-14(9-11)21-18(27)20-13-7-5-12(6-8-13)19-16(24)15-10-28-23-22-15/h2-10H,1H3,(H,19,24)(H2,20,21,27). The van der Waals surface area contributed by atoms with E-state index in [1.165, 1.54) is 7.11 Å². The Hall–Kier alpha value is -3.37. The lowest BCUT2D eigenvalue weighted by Gasteiger charge is -2.12. The maximum Gasteiger partial charge on any atom is 0.337 e. The number of esters is 1. The van der Waals surface area contributed by atoms with Gasteiger partial charge in [0.2, 0.25) is 0 Å². The Morgan fingerprint density at radius 2 is 1.68 bits per heavy atom. The topological polar surface area (TPSA) is 105 Å². The molecule has 0 aliphatic carbocycles. The van der Waals surface area contributed by atoms with E-state index in [4.69, 9.17) is 17.0 Å². The molecule has 3 aromatic rings. The monoisotopic (exact) mass is 413 g/mol. The van der Waals surface area contributed by atoms with Gasteiger partial charge in [-0.2, -0.15) is 0 Å². The van der Waals surface area contributed by atoms with Gasteiger partial charge in [0.15, 0.2) is 10.8 Å². The summed E-state index contributed by atoms with van der Waals surface area (Å²) in [6, 6.07) is 13.8.